The zero-order valence-electron chi connectivity index (χ0n) is 16.7. The van der Waals surface area contributed by atoms with Gasteiger partial charge in [-0.05, 0) is 54.6 Å². The summed E-state index contributed by atoms with van der Waals surface area (Å²) in [6.07, 6.45) is 2.95. The number of benzene rings is 2. The first kappa shape index (κ1) is 21.8. The molecule has 0 aliphatic rings. The van der Waals surface area contributed by atoms with Gasteiger partial charge in [-0.15, -0.1) is 6.58 Å². The second-order valence-corrected chi connectivity index (χ2v) is 7.97. The highest BCUT2D eigenvalue weighted by atomic mass is 32.2. The molecule has 0 saturated carbocycles. The van der Waals surface area contributed by atoms with E-state index in [2.05, 4.69) is 21.6 Å². The van der Waals surface area contributed by atoms with Crippen molar-refractivity contribution in [2.45, 2.75) is 4.90 Å². The molecule has 3 aromatic rings. The van der Waals surface area contributed by atoms with Gasteiger partial charge in [0.25, 0.3) is 15.9 Å². The zero-order chi connectivity index (χ0) is 22.3. The number of pyridine rings is 1. The molecule has 0 unspecified atom stereocenters. The van der Waals surface area contributed by atoms with Crippen molar-refractivity contribution in [2.75, 3.05) is 18.4 Å². The molecule has 1 aromatic heterocycles. The fourth-order valence-corrected chi connectivity index (χ4v) is 3.58. The highest BCUT2D eigenvalue weighted by Crippen LogP contribution is 2.23. The number of sulfonamides is 1. The van der Waals surface area contributed by atoms with Gasteiger partial charge in [0.05, 0.1) is 23.9 Å². The minimum absolute atomic E-state index is 0.103. The van der Waals surface area contributed by atoms with E-state index in [0.717, 1.165) is 0 Å². The first-order valence-corrected chi connectivity index (χ1v) is 10.7. The van der Waals surface area contributed by atoms with Gasteiger partial charge in [-0.2, -0.15) is 0 Å². The van der Waals surface area contributed by atoms with E-state index in [9.17, 15) is 13.2 Å². The fourth-order valence-electron chi connectivity index (χ4n) is 2.53. The van der Waals surface area contributed by atoms with Gasteiger partial charge < -0.3 is 14.8 Å². The Morgan fingerprint density at radius 3 is 2.29 bits per heavy atom. The molecule has 1 amide bonds. The number of methoxy groups -OCH3 is 1. The summed E-state index contributed by atoms with van der Waals surface area (Å²) in [7, 11) is -2.25. The Bertz CT molecular complexity index is 1140. The van der Waals surface area contributed by atoms with Crippen LogP contribution in [0.15, 0.2) is 84.4 Å². The maximum Gasteiger partial charge on any atom is 0.261 e. The monoisotopic (exact) mass is 439 g/mol. The van der Waals surface area contributed by atoms with E-state index >= 15 is 0 Å². The van der Waals surface area contributed by atoms with Crippen molar-refractivity contribution >= 4 is 21.6 Å². The summed E-state index contributed by atoms with van der Waals surface area (Å²) in [6.45, 7) is 3.94. The van der Waals surface area contributed by atoms with E-state index in [1.54, 1.807) is 48.5 Å². The summed E-state index contributed by atoms with van der Waals surface area (Å²) in [5.74, 6) is 1.11. The molecule has 9 heteroatoms. The Balaban J connectivity index is 1.63. The number of nitrogens with one attached hydrogen (secondary N) is 2. The minimum Gasteiger partial charge on any atom is -0.497 e. The average molecular weight is 439 g/mol. The highest BCUT2D eigenvalue weighted by molar-refractivity contribution is 7.92. The van der Waals surface area contributed by atoms with Gasteiger partial charge in [0.15, 0.2) is 0 Å². The smallest absolute Gasteiger partial charge is 0.261 e. The number of hydrogen-bond acceptors (Lipinski definition) is 6. The molecule has 0 spiro atoms. The fraction of sp³-hybridized carbons (Fsp3) is 0.0909. The van der Waals surface area contributed by atoms with E-state index in [4.69, 9.17) is 9.47 Å². The van der Waals surface area contributed by atoms with Crippen molar-refractivity contribution in [2.24, 2.45) is 0 Å². The van der Waals surface area contributed by atoms with E-state index < -0.39 is 10.0 Å². The van der Waals surface area contributed by atoms with E-state index in [0.29, 0.717) is 23.6 Å². The van der Waals surface area contributed by atoms with Crippen molar-refractivity contribution in [1.82, 2.24) is 10.3 Å². The number of ether oxygens (including phenoxy) is 2. The van der Waals surface area contributed by atoms with Gasteiger partial charge in [0.2, 0.25) is 5.88 Å². The van der Waals surface area contributed by atoms with Gasteiger partial charge in [0.1, 0.15) is 11.5 Å². The van der Waals surface area contributed by atoms with Gasteiger partial charge in [-0.25, -0.2) is 13.4 Å². The van der Waals surface area contributed by atoms with Crippen molar-refractivity contribution in [1.29, 1.82) is 0 Å². The number of anilines is 1. The summed E-state index contributed by atoms with van der Waals surface area (Å²) in [4.78, 5) is 16.1. The number of carbonyl (C=O) groups is 1. The van der Waals surface area contributed by atoms with Gasteiger partial charge in [-0.3, -0.25) is 9.52 Å². The summed E-state index contributed by atoms with van der Waals surface area (Å²) in [5, 5.41) is 2.69. The molecule has 0 fully saturated rings. The maximum atomic E-state index is 12.5. The van der Waals surface area contributed by atoms with Crippen LogP contribution in [0, 0.1) is 0 Å². The molecule has 0 atom stereocenters. The standard InChI is InChI=1S/C22H21N3O5S/c1-3-14-23-22(26)16-4-7-19(8-5-16)30-21-13-6-17(15-24-21)25-31(27,28)20-11-9-18(29-2)10-12-20/h3-13,15,25H,1,14H2,2H3,(H,23,26). The van der Waals surface area contributed by atoms with Crippen LogP contribution in [0.3, 0.4) is 0 Å². The van der Waals surface area contributed by atoms with Gasteiger partial charge in [0, 0.05) is 18.2 Å². The molecule has 3 rings (SSSR count). The van der Waals surface area contributed by atoms with E-state index in [1.807, 2.05) is 0 Å². The normalized spacial score (nSPS) is 10.7. The molecule has 1 heterocycles. The van der Waals surface area contributed by atoms with Crippen molar-refractivity contribution in [3.05, 3.63) is 85.1 Å². The summed E-state index contributed by atoms with van der Waals surface area (Å²) >= 11 is 0. The van der Waals surface area contributed by atoms with Crippen LogP contribution in [-0.2, 0) is 10.0 Å². The predicted octanol–water partition coefficient (Wildman–Crippen LogP) is 3.60. The third-order valence-corrected chi connectivity index (χ3v) is 5.50. The number of hydrogen-bond donors (Lipinski definition) is 2. The molecule has 0 bridgehead atoms. The topological polar surface area (TPSA) is 107 Å². The highest BCUT2D eigenvalue weighted by Gasteiger charge is 2.14. The van der Waals surface area contributed by atoms with E-state index in [-0.39, 0.29) is 22.4 Å². The summed E-state index contributed by atoms with van der Waals surface area (Å²) < 4.78 is 38.1. The Morgan fingerprint density at radius 2 is 1.71 bits per heavy atom. The third kappa shape index (κ3) is 5.83. The largest absolute Gasteiger partial charge is 0.497 e. The van der Waals surface area contributed by atoms with E-state index in [1.165, 1.54) is 31.5 Å². The van der Waals surface area contributed by atoms with Crippen LogP contribution in [0.5, 0.6) is 17.4 Å². The van der Waals surface area contributed by atoms with Crippen molar-refractivity contribution < 1.29 is 22.7 Å². The Morgan fingerprint density at radius 1 is 1.03 bits per heavy atom. The molecule has 8 nitrogen and oxygen atoms in total. The summed E-state index contributed by atoms with van der Waals surface area (Å²) in [5.41, 5.74) is 0.780. The lowest BCUT2D eigenvalue weighted by Gasteiger charge is -2.10. The van der Waals surface area contributed by atoms with Crippen LogP contribution < -0.4 is 19.5 Å². The first-order chi connectivity index (χ1) is 14.9. The average Bonchev–Trinajstić information content (AvgIpc) is 2.79. The molecular formula is C22H21N3O5S. The molecule has 160 valence electrons. The van der Waals surface area contributed by atoms with Crippen molar-refractivity contribution in [3.63, 3.8) is 0 Å². The molecule has 2 aromatic carbocycles. The van der Waals surface area contributed by atoms with Crippen LogP contribution >= 0.6 is 0 Å². The van der Waals surface area contributed by atoms with Crippen molar-refractivity contribution in [3.8, 4) is 17.4 Å². The van der Waals surface area contributed by atoms with Gasteiger partial charge >= 0.3 is 0 Å². The maximum absolute atomic E-state index is 12.5. The SMILES string of the molecule is C=CCNC(=O)c1ccc(Oc2ccc(NS(=O)(=O)c3ccc(OC)cc3)cn2)cc1. The lowest BCUT2D eigenvalue weighted by atomic mass is 10.2. The number of carbonyl (C=O) groups excluding carboxylic acids is 1. The molecule has 31 heavy (non-hydrogen) atoms. The Hall–Kier alpha value is -3.85. The number of amides is 1. The van der Waals surface area contributed by atoms with Crippen LogP contribution in [-0.4, -0.2) is 33.0 Å². The lowest BCUT2D eigenvalue weighted by molar-refractivity contribution is 0.0958. The minimum atomic E-state index is -3.76. The molecule has 0 aliphatic heterocycles. The molecule has 0 radical (unpaired) electrons. The quantitative estimate of drug-likeness (QED) is 0.494. The second-order valence-electron chi connectivity index (χ2n) is 6.29. The Kier molecular flexibility index (Phi) is 6.88. The molecule has 2 N–H and O–H groups in total. The lowest BCUT2D eigenvalue weighted by Crippen LogP contribution is -2.22. The molecular weight excluding hydrogens is 418 g/mol. The van der Waals surface area contributed by atoms with Crippen LogP contribution in [0.4, 0.5) is 5.69 Å². The van der Waals surface area contributed by atoms with Crippen LogP contribution in [0.1, 0.15) is 10.4 Å². The first-order valence-electron chi connectivity index (χ1n) is 9.21. The number of nitrogens with zero attached hydrogens (tertiary/aromatic N) is 1. The molecule has 0 aliphatic carbocycles. The third-order valence-electron chi connectivity index (χ3n) is 4.10. The second kappa shape index (κ2) is 9.77. The van der Waals surface area contributed by atoms with Crippen LogP contribution in [0.2, 0.25) is 0 Å². The van der Waals surface area contributed by atoms with Crippen LogP contribution in [0.25, 0.3) is 0 Å². The van der Waals surface area contributed by atoms with Gasteiger partial charge in [-0.1, -0.05) is 6.08 Å². The number of rotatable bonds is 9. The number of aromatic nitrogens is 1. The molecule has 0 saturated heterocycles. The summed E-state index contributed by atoms with van der Waals surface area (Å²) in [6, 6.07) is 15.7. The zero-order valence-corrected chi connectivity index (χ0v) is 17.6. The Labute approximate surface area is 180 Å². The predicted molar refractivity (Wildman–Crippen MR) is 117 cm³/mol.